The number of aromatic nitrogens is 4. The Bertz CT molecular complexity index is 648. The lowest BCUT2D eigenvalue weighted by Crippen LogP contribution is -1.96. The molecular weight excluding hydrogens is 216 g/mol. The van der Waals surface area contributed by atoms with Gasteiger partial charge < -0.3 is 9.14 Å². The zero-order valence-electron chi connectivity index (χ0n) is 9.24. The second kappa shape index (κ2) is 3.86. The Morgan fingerprint density at radius 3 is 3.00 bits per heavy atom. The second-order valence-electron chi connectivity index (χ2n) is 3.54. The number of imidazole rings is 1. The molecule has 84 valence electrons. The molecule has 0 fully saturated rings. The summed E-state index contributed by atoms with van der Waals surface area (Å²) in [6.07, 6.45) is 8.98. The van der Waals surface area contributed by atoms with Crippen molar-refractivity contribution in [2.24, 2.45) is 0 Å². The molecule has 0 aliphatic heterocycles. The van der Waals surface area contributed by atoms with E-state index in [2.05, 4.69) is 15.0 Å². The van der Waals surface area contributed by atoms with Crippen molar-refractivity contribution in [3.05, 3.63) is 43.1 Å². The van der Waals surface area contributed by atoms with Crippen molar-refractivity contribution in [3.63, 3.8) is 0 Å². The van der Waals surface area contributed by atoms with Gasteiger partial charge in [-0.15, -0.1) is 0 Å². The number of fused-ring (bicyclic) bond motifs is 1. The van der Waals surface area contributed by atoms with E-state index in [1.807, 2.05) is 28.9 Å². The van der Waals surface area contributed by atoms with Crippen LogP contribution in [0.25, 0.3) is 16.9 Å². The van der Waals surface area contributed by atoms with E-state index in [4.69, 9.17) is 4.74 Å². The van der Waals surface area contributed by atoms with Crippen LogP contribution in [0.15, 0.2) is 43.1 Å². The SMILES string of the molecule is COc1nc(-c2cccnc2)cn2ccnc12. The predicted octanol–water partition coefficient (Wildman–Crippen LogP) is 1.80. The van der Waals surface area contributed by atoms with Gasteiger partial charge in [0.25, 0.3) is 5.88 Å². The Hall–Kier alpha value is -2.43. The second-order valence-corrected chi connectivity index (χ2v) is 3.54. The summed E-state index contributed by atoms with van der Waals surface area (Å²) in [5, 5.41) is 0. The highest BCUT2D eigenvalue weighted by atomic mass is 16.5. The third-order valence-corrected chi connectivity index (χ3v) is 2.49. The number of nitrogens with zero attached hydrogens (tertiary/aromatic N) is 4. The van der Waals surface area contributed by atoms with Gasteiger partial charge in [-0.05, 0) is 12.1 Å². The van der Waals surface area contributed by atoms with Crippen LogP contribution in [0, 0.1) is 0 Å². The van der Waals surface area contributed by atoms with E-state index in [1.54, 1.807) is 25.7 Å². The number of methoxy groups -OCH3 is 1. The van der Waals surface area contributed by atoms with Crippen molar-refractivity contribution in [3.8, 4) is 17.1 Å². The zero-order chi connectivity index (χ0) is 11.7. The molecule has 17 heavy (non-hydrogen) atoms. The third kappa shape index (κ3) is 1.61. The van der Waals surface area contributed by atoms with Crippen molar-refractivity contribution in [2.75, 3.05) is 7.11 Å². The molecule has 3 heterocycles. The van der Waals surface area contributed by atoms with Gasteiger partial charge in [0.2, 0.25) is 0 Å². The van der Waals surface area contributed by atoms with E-state index in [9.17, 15) is 0 Å². The Balaban J connectivity index is 2.24. The lowest BCUT2D eigenvalue weighted by molar-refractivity contribution is 0.400. The highest BCUT2D eigenvalue weighted by Crippen LogP contribution is 2.22. The van der Waals surface area contributed by atoms with Crippen LogP contribution in [0.5, 0.6) is 5.88 Å². The molecular formula is C12H10N4O. The monoisotopic (exact) mass is 226 g/mol. The van der Waals surface area contributed by atoms with Crippen molar-refractivity contribution >= 4 is 5.65 Å². The maximum atomic E-state index is 5.23. The normalized spacial score (nSPS) is 10.6. The van der Waals surface area contributed by atoms with Crippen LogP contribution < -0.4 is 4.74 Å². The van der Waals surface area contributed by atoms with E-state index < -0.39 is 0 Å². The van der Waals surface area contributed by atoms with E-state index in [0.717, 1.165) is 11.3 Å². The molecule has 0 saturated heterocycles. The minimum Gasteiger partial charge on any atom is -0.478 e. The van der Waals surface area contributed by atoms with E-state index in [-0.39, 0.29) is 0 Å². The van der Waals surface area contributed by atoms with Gasteiger partial charge in [0.1, 0.15) is 0 Å². The summed E-state index contributed by atoms with van der Waals surface area (Å²) in [6.45, 7) is 0. The summed E-state index contributed by atoms with van der Waals surface area (Å²) in [4.78, 5) is 12.7. The average Bonchev–Trinajstić information content (AvgIpc) is 2.86. The summed E-state index contributed by atoms with van der Waals surface area (Å²) in [7, 11) is 1.59. The Labute approximate surface area is 97.7 Å². The van der Waals surface area contributed by atoms with Gasteiger partial charge in [0.15, 0.2) is 5.65 Å². The van der Waals surface area contributed by atoms with Crippen LogP contribution in [-0.4, -0.2) is 26.5 Å². The molecule has 0 radical (unpaired) electrons. The number of hydrogen-bond acceptors (Lipinski definition) is 4. The molecule has 0 saturated carbocycles. The summed E-state index contributed by atoms with van der Waals surface area (Å²) >= 11 is 0. The molecule has 0 amide bonds. The fraction of sp³-hybridized carbons (Fsp3) is 0.0833. The maximum Gasteiger partial charge on any atom is 0.258 e. The zero-order valence-corrected chi connectivity index (χ0v) is 9.24. The molecule has 3 aromatic heterocycles. The Morgan fingerprint density at radius 2 is 2.24 bits per heavy atom. The van der Waals surface area contributed by atoms with Crippen molar-refractivity contribution < 1.29 is 4.74 Å². The fourth-order valence-electron chi connectivity index (χ4n) is 1.69. The average molecular weight is 226 g/mol. The first-order valence-electron chi connectivity index (χ1n) is 5.16. The first kappa shape index (κ1) is 9.77. The molecule has 0 atom stereocenters. The fourth-order valence-corrected chi connectivity index (χ4v) is 1.69. The Morgan fingerprint density at radius 1 is 1.29 bits per heavy atom. The minimum absolute atomic E-state index is 0.511. The highest BCUT2D eigenvalue weighted by molar-refractivity contribution is 5.61. The number of pyridine rings is 1. The molecule has 0 bridgehead atoms. The number of hydrogen-bond donors (Lipinski definition) is 0. The van der Waals surface area contributed by atoms with Crippen LogP contribution >= 0.6 is 0 Å². The third-order valence-electron chi connectivity index (χ3n) is 2.49. The standard InChI is InChI=1S/C12H10N4O/c1-17-12-11-14-5-6-16(11)8-10(15-12)9-3-2-4-13-7-9/h2-8H,1H3. The van der Waals surface area contributed by atoms with Crippen LogP contribution in [0.4, 0.5) is 0 Å². The van der Waals surface area contributed by atoms with Crippen LogP contribution in [0.1, 0.15) is 0 Å². The van der Waals surface area contributed by atoms with E-state index >= 15 is 0 Å². The van der Waals surface area contributed by atoms with E-state index in [1.165, 1.54) is 0 Å². The van der Waals surface area contributed by atoms with Gasteiger partial charge in [0.05, 0.1) is 12.8 Å². The van der Waals surface area contributed by atoms with Gasteiger partial charge in [0, 0.05) is 36.5 Å². The molecule has 3 rings (SSSR count). The lowest BCUT2D eigenvalue weighted by Gasteiger charge is -2.05. The molecule has 5 heteroatoms. The predicted molar refractivity (Wildman–Crippen MR) is 62.8 cm³/mol. The van der Waals surface area contributed by atoms with Gasteiger partial charge >= 0.3 is 0 Å². The summed E-state index contributed by atoms with van der Waals surface area (Å²) in [5.74, 6) is 0.511. The van der Waals surface area contributed by atoms with Crippen molar-refractivity contribution in [1.82, 2.24) is 19.4 Å². The van der Waals surface area contributed by atoms with Crippen molar-refractivity contribution in [1.29, 1.82) is 0 Å². The number of rotatable bonds is 2. The minimum atomic E-state index is 0.511. The molecule has 0 aromatic carbocycles. The van der Waals surface area contributed by atoms with E-state index in [0.29, 0.717) is 11.5 Å². The molecule has 5 nitrogen and oxygen atoms in total. The van der Waals surface area contributed by atoms with Gasteiger partial charge in [-0.3, -0.25) is 4.98 Å². The molecule has 0 N–H and O–H groups in total. The molecule has 0 aliphatic carbocycles. The molecule has 3 aromatic rings. The first-order chi connectivity index (χ1) is 8.38. The van der Waals surface area contributed by atoms with Crippen LogP contribution in [-0.2, 0) is 0 Å². The molecule has 0 unspecified atom stereocenters. The number of ether oxygens (including phenoxy) is 1. The summed E-state index contributed by atoms with van der Waals surface area (Å²) in [6, 6.07) is 3.83. The lowest BCUT2D eigenvalue weighted by atomic mass is 10.2. The highest BCUT2D eigenvalue weighted by Gasteiger charge is 2.08. The van der Waals surface area contributed by atoms with Gasteiger partial charge in [-0.1, -0.05) is 0 Å². The first-order valence-corrected chi connectivity index (χ1v) is 5.16. The quantitative estimate of drug-likeness (QED) is 0.668. The topological polar surface area (TPSA) is 52.3 Å². The smallest absolute Gasteiger partial charge is 0.258 e. The Kier molecular flexibility index (Phi) is 2.22. The summed E-state index contributed by atoms with van der Waals surface area (Å²) in [5.41, 5.74) is 2.46. The van der Waals surface area contributed by atoms with Crippen LogP contribution in [0.3, 0.4) is 0 Å². The summed E-state index contributed by atoms with van der Waals surface area (Å²) < 4.78 is 7.12. The molecule has 0 aliphatic rings. The largest absolute Gasteiger partial charge is 0.478 e. The van der Waals surface area contributed by atoms with Crippen LogP contribution in [0.2, 0.25) is 0 Å². The van der Waals surface area contributed by atoms with Gasteiger partial charge in [-0.2, -0.15) is 0 Å². The van der Waals surface area contributed by atoms with Crippen molar-refractivity contribution in [2.45, 2.75) is 0 Å². The maximum absolute atomic E-state index is 5.23. The van der Waals surface area contributed by atoms with Gasteiger partial charge in [-0.25, -0.2) is 9.97 Å². The molecule has 0 spiro atoms.